The number of carbonyl (C=O) groups is 2. The van der Waals surface area contributed by atoms with E-state index in [1.54, 1.807) is 0 Å². The number of amides is 2. The minimum atomic E-state index is -0.0641. The van der Waals surface area contributed by atoms with Gasteiger partial charge in [-0.15, -0.1) is 0 Å². The van der Waals surface area contributed by atoms with Crippen molar-refractivity contribution >= 4 is 29.3 Å². The standard InChI is InChI=1S/C19H22N2O3S/c1-15(22)20-11-12-25-14-19(23)21-17-7-9-18(10-8-17)24-13-16-5-3-2-4-6-16/h2-10H,11-14H2,1H3,(H,20,22)(H,21,23). The van der Waals surface area contributed by atoms with E-state index in [4.69, 9.17) is 4.74 Å². The zero-order valence-electron chi connectivity index (χ0n) is 14.2. The van der Waals surface area contributed by atoms with Crippen LogP contribution in [-0.4, -0.2) is 29.9 Å². The van der Waals surface area contributed by atoms with E-state index >= 15 is 0 Å². The predicted molar refractivity (Wildman–Crippen MR) is 102 cm³/mol. The van der Waals surface area contributed by atoms with Crippen LogP contribution in [0, 0.1) is 0 Å². The summed E-state index contributed by atoms with van der Waals surface area (Å²) in [5, 5.41) is 5.53. The molecule has 6 heteroatoms. The van der Waals surface area contributed by atoms with Crippen LogP contribution in [0.25, 0.3) is 0 Å². The predicted octanol–water partition coefficient (Wildman–Crippen LogP) is 3.07. The van der Waals surface area contributed by atoms with Crippen LogP contribution in [0.4, 0.5) is 5.69 Å². The van der Waals surface area contributed by atoms with Crippen LogP contribution in [0.2, 0.25) is 0 Å². The molecule has 0 saturated heterocycles. The van der Waals surface area contributed by atoms with Gasteiger partial charge in [0.15, 0.2) is 0 Å². The van der Waals surface area contributed by atoms with Crippen LogP contribution in [0.5, 0.6) is 5.75 Å². The smallest absolute Gasteiger partial charge is 0.234 e. The molecule has 25 heavy (non-hydrogen) atoms. The summed E-state index contributed by atoms with van der Waals surface area (Å²) in [5.74, 6) is 1.70. The molecule has 5 nitrogen and oxygen atoms in total. The summed E-state index contributed by atoms with van der Waals surface area (Å²) in [6.45, 7) is 2.56. The number of ether oxygens (including phenoxy) is 1. The zero-order valence-corrected chi connectivity index (χ0v) is 15.0. The van der Waals surface area contributed by atoms with Crippen LogP contribution in [-0.2, 0) is 16.2 Å². The molecule has 0 atom stereocenters. The largest absolute Gasteiger partial charge is 0.489 e. The maximum Gasteiger partial charge on any atom is 0.234 e. The molecule has 0 spiro atoms. The minimum absolute atomic E-state index is 0.0559. The summed E-state index contributed by atoms with van der Waals surface area (Å²) < 4.78 is 5.71. The van der Waals surface area contributed by atoms with Crippen molar-refractivity contribution in [2.24, 2.45) is 0 Å². The molecular weight excluding hydrogens is 336 g/mol. The van der Waals surface area contributed by atoms with Crippen LogP contribution in [0.15, 0.2) is 54.6 Å². The monoisotopic (exact) mass is 358 g/mol. The summed E-state index contributed by atoms with van der Waals surface area (Å²) in [6, 6.07) is 17.3. The Labute approximate surface area is 152 Å². The van der Waals surface area contributed by atoms with Gasteiger partial charge in [0.1, 0.15) is 12.4 Å². The van der Waals surface area contributed by atoms with Gasteiger partial charge in [-0.2, -0.15) is 11.8 Å². The average Bonchev–Trinajstić information content (AvgIpc) is 2.61. The highest BCUT2D eigenvalue weighted by atomic mass is 32.2. The van der Waals surface area contributed by atoms with Crippen LogP contribution < -0.4 is 15.4 Å². The van der Waals surface area contributed by atoms with Crippen molar-refractivity contribution in [3.05, 3.63) is 60.2 Å². The highest BCUT2D eigenvalue weighted by Crippen LogP contribution is 2.17. The third-order valence-electron chi connectivity index (χ3n) is 3.24. The molecular formula is C19H22N2O3S. The van der Waals surface area contributed by atoms with Crippen molar-refractivity contribution < 1.29 is 14.3 Å². The molecule has 0 radical (unpaired) electrons. The normalized spacial score (nSPS) is 10.1. The molecule has 0 aliphatic heterocycles. The third-order valence-corrected chi connectivity index (χ3v) is 4.20. The van der Waals surface area contributed by atoms with E-state index in [0.717, 1.165) is 17.0 Å². The van der Waals surface area contributed by atoms with Crippen molar-refractivity contribution in [3.63, 3.8) is 0 Å². The van der Waals surface area contributed by atoms with E-state index in [9.17, 15) is 9.59 Å². The van der Waals surface area contributed by atoms with E-state index < -0.39 is 0 Å². The van der Waals surface area contributed by atoms with Gasteiger partial charge in [0.2, 0.25) is 11.8 Å². The highest BCUT2D eigenvalue weighted by molar-refractivity contribution is 7.99. The number of nitrogens with one attached hydrogen (secondary N) is 2. The van der Waals surface area contributed by atoms with Crippen LogP contribution >= 0.6 is 11.8 Å². The summed E-state index contributed by atoms with van der Waals surface area (Å²) in [5.41, 5.74) is 1.84. The van der Waals surface area contributed by atoms with Gasteiger partial charge in [0.05, 0.1) is 5.75 Å². The maximum absolute atomic E-state index is 11.9. The summed E-state index contributed by atoms with van der Waals surface area (Å²) in [7, 11) is 0. The Balaban J connectivity index is 1.68. The lowest BCUT2D eigenvalue weighted by molar-refractivity contribution is -0.118. The van der Waals surface area contributed by atoms with Gasteiger partial charge in [-0.1, -0.05) is 30.3 Å². The Kier molecular flexibility index (Phi) is 7.85. The van der Waals surface area contributed by atoms with Gasteiger partial charge in [0.25, 0.3) is 0 Å². The van der Waals surface area contributed by atoms with E-state index in [1.807, 2.05) is 54.6 Å². The number of hydrogen-bond acceptors (Lipinski definition) is 4. The van der Waals surface area contributed by atoms with Crippen LogP contribution in [0.1, 0.15) is 12.5 Å². The fourth-order valence-electron chi connectivity index (χ4n) is 2.04. The SMILES string of the molecule is CC(=O)NCCSCC(=O)Nc1ccc(OCc2ccccc2)cc1. The molecule has 0 saturated carbocycles. The fraction of sp³-hybridized carbons (Fsp3) is 0.263. The first-order valence-electron chi connectivity index (χ1n) is 8.02. The second kappa shape index (κ2) is 10.4. The maximum atomic E-state index is 11.9. The summed E-state index contributed by atoms with van der Waals surface area (Å²) in [6.07, 6.45) is 0. The van der Waals surface area contributed by atoms with Crippen molar-refractivity contribution in [2.75, 3.05) is 23.4 Å². The van der Waals surface area contributed by atoms with Crippen molar-refractivity contribution in [1.82, 2.24) is 5.32 Å². The third kappa shape index (κ3) is 7.76. The lowest BCUT2D eigenvalue weighted by Crippen LogP contribution is -2.23. The molecule has 0 fully saturated rings. The van der Waals surface area contributed by atoms with Crippen molar-refractivity contribution in [3.8, 4) is 5.75 Å². The first-order valence-corrected chi connectivity index (χ1v) is 9.18. The van der Waals surface area contributed by atoms with Crippen molar-refractivity contribution in [1.29, 1.82) is 0 Å². The number of carbonyl (C=O) groups excluding carboxylic acids is 2. The molecule has 0 heterocycles. The van der Waals surface area contributed by atoms with Gasteiger partial charge in [-0.25, -0.2) is 0 Å². The molecule has 132 valence electrons. The van der Waals surface area contributed by atoms with Gasteiger partial charge in [-0.3, -0.25) is 9.59 Å². The molecule has 2 aromatic carbocycles. The molecule has 0 unspecified atom stereocenters. The summed E-state index contributed by atoms with van der Waals surface area (Å²) in [4.78, 5) is 22.6. The van der Waals surface area contributed by atoms with E-state index in [2.05, 4.69) is 10.6 Å². The first-order chi connectivity index (χ1) is 12.1. The number of benzene rings is 2. The molecule has 2 rings (SSSR count). The first kappa shape index (κ1) is 18.9. The number of anilines is 1. The topological polar surface area (TPSA) is 67.4 Å². The quantitative estimate of drug-likeness (QED) is 0.676. The Morgan fingerprint density at radius 2 is 1.76 bits per heavy atom. The molecule has 0 aromatic heterocycles. The Bertz CT molecular complexity index is 675. The average molecular weight is 358 g/mol. The highest BCUT2D eigenvalue weighted by Gasteiger charge is 2.03. The van der Waals surface area contributed by atoms with E-state index in [1.165, 1.54) is 18.7 Å². The fourth-order valence-corrected chi connectivity index (χ4v) is 2.68. The Morgan fingerprint density at radius 3 is 2.44 bits per heavy atom. The van der Waals surface area contributed by atoms with E-state index in [0.29, 0.717) is 24.7 Å². The summed E-state index contributed by atoms with van der Waals surface area (Å²) >= 11 is 1.48. The minimum Gasteiger partial charge on any atom is -0.489 e. The van der Waals surface area contributed by atoms with Crippen LogP contribution in [0.3, 0.4) is 0 Å². The molecule has 0 aliphatic rings. The zero-order chi connectivity index (χ0) is 17.9. The van der Waals surface area contributed by atoms with E-state index in [-0.39, 0.29) is 11.8 Å². The molecule has 2 aromatic rings. The van der Waals surface area contributed by atoms with Gasteiger partial charge < -0.3 is 15.4 Å². The second-order valence-corrected chi connectivity index (χ2v) is 6.49. The second-order valence-electron chi connectivity index (χ2n) is 5.38. The molecule has 2 amide bonds. The number of hydrogen-bond donors (Lipinski definition) is 2. The number of rotatable bonds is 9. The number of thioether (sulfide) groups is 1. The molecule has 0 aliphatic carbocycles. The lowest BCUT2D eigenvalue weighted by Gasteiger charge is -2.08. The Morgan fingerprint density at radius 1 is 1.04 bits per heavy atom. The Hall–Kier alpha value is -2.47. The van der Waals surface area contributed by atoms with Crippen molar-refractivity contribution in [2.45, 2.75) is 13.5 Å². The van der Waals surface area contributed by atoms with Gasteiger partial charge >= 0.3 is 0 Å². The molecule has 0 bridgehead atoms. The van der Waals surface area contributed by atoms with Gasteiger partial charge in [-0.05, 0) is 29.8 Å². The molecule has 2 N–H and O–H groups in total. The lowest BCUT2D eigenvalue weighted by atomic mass is 10.2. The van der Waals surface area contributed by atoms with Gasteiger partial charge in [0, 0.05) is 24.9 Å².